The van der Waals surface area contributed by atoms with E-state index < -0.39 is 22.0 Å². The van der Waals surface area contributed by atoms with E-state index in [9.17, 15) is 18.9 Å². The number of nitro groups is 1. The minimum atomic E-state index is -2.76. The second kappa shape index (κ2) is 4.66. The minimum absolute atomic E-state index is 0.109. The van der Waals surface area contributed by atoms with Crippen LogP contribution in [0.15, 0.2) is 24.3 Å². The Labute approximate surface area is 93.9 Å². The molecule has 0 fully saturated rings. The molecule has 16 heavy (non-hydrogen) atoms. The number of rotatable bonds is 4. The molecule has 7 nitrogen and oxygen atoms in total. The molecule has 88 valence electrons. The van der Waals surface area contributed by atoms with E-state index in [0.29, 0.717) is 5.56 Å². The standard InChI is InChI=1S/C8H10N2O5S/c1-8(9,15-16(13)14)6-2-4-7(5-3-6)10(11)12/h2-5H,9H2,1H3,(H,13,14)/p-1. The van der Waals surface area contributed by atoms with Crippen LogP contribution in [-0.4, -0.2) is 13.7 Å². The van der Waals surface area contributed by atoms with Gasteiger partial charge >= 0.3 is 0 Å². The highest BCUT2D eigenvalue weighted by Gasteiger charge is 2.23. The van der Waals surface area contributed by atoms with Crippen LogP contribution in [0.2, 0.25) is 0 Å². The highest BCUT2D eigenvalue weighted by atomic mass is 32.2. The summed E-state index contributed by atoms with van der Waals surface area (Å²) in [6, 6.07) is 5.12. The van der Waals surface area contributed by atoms with E-state index in [4.69, 9.17) is 5.73 Å². The molecular weight excluding hydrogens is 236 g/mol. The molecule has 0 aliphatic carbocycles. The summed E-state index contributed by atoms with van der Waals surface area (Å²) in [5.41, 5.74) is 4.25. The van der Waals surface area contributed by atoms with Crippen molar-refractivity contribution < 1.29 is 17.9 Å². The first-order valence-corrected chi connectivity index (χ1v) is 5.15. The number of benzene rings is 1. The lowest BCUT2D eigenvalue weighted by atomic mass is 10.1. The number of nitrogens with two attached hydrogens (primary N) is 1. The van der Waals surface area contributed by atoms with E-state index in [1.54, 1.807) is 0 Å². The van der Waals surface area contributed by atoms with Gasteiger partial charge in [0.1, 0.15) is 0 Å². The number of nitrogens with zero attached hydrogens (tertiary/aromatic N) is 1. The van der Waals surface area contributed by atoms with Gasteiger partial charge in [-0.05, 0) is 24.6 Å². The second-order valence-corrected chi connectivity index (χ2v) is 3.77. The fourth-order valence-electron chi connectivity index (χ4n) is 1.10. The van der Waals surface area contributed by atoms with E-state index >= 15 is 0 Å². The Bertz CT molecular complexity index is 417. The van der Waals surface area contributed by atoms with Crippen LogP contribution in [-0.2, 0) is 21.3 Å². The van der Waals surface area contributed by atoms with Gasteiger partial charge < -0.3 is 4.55 Å². The fraction of sp³-hybridized carbons (Fsp3) is 0.250. The topological polar surface area (TPSA) is 119 Å². The molecule has 1 aromatic rings. The summed E-state index contributed by atoms with van der Waals surface area (Å²) in [4.78, 5) is 9.82. The number of hydrogen-bond acceptors (Lipinski definition) is 6. The van der Waals surface area contributed by atoms with Crippen LogP contribution in [0.1, 0.15) is 12.5 Å². The number of hydrogen-bond donors (Lipinski definition) is 1. The number of nitro benzene ring substituents is 1. The predicted molar refractivity (Wildman–Crippen MR) is 54.6 cm³/mol. The average molecular weight is 245 g/mol. The molecule has 8 heteroatoms. The molecule has 1 rings (SSSR count). The van der Waals surface area contributed by atoms with Crippen LogP contribution in [0.3, 0.4) is 0 Å². The normalized spacial score (nSPS) is 16.4. The maximum atomic E-state index is 10.4. The third kappa shape index (κ3) is 3.07. The lowest BCUT2D eigenvalue weighted by Gasteiger charge is -2.25. The first-order chi connectivity index (χ1) is 7.33. The van der Waals surface area contributed by atoms with Crippen LogP contribution in [0.25, 0.3) is 0 Å². The molecule has 0 saturated carbocycles. The molecule has 2 unspecified atom stereocenters. The molecule has 0 bridgehead atoms. The first kappa shape index (κ1) is 12.7. The van der Waals surface area contributed by atoms with Crippen LogP contribution in [0, 0.1) is 10.1 Å². The van der Waals surface area contributed by atoms with Crippen molar-refractivity contribution in [2.24, 2.45) is 5.73 Å². The molecule has 0 radical (unpaired) electrons. The van der Waals surface area contributed by atoms with Gasteiger partial charge in [0.05, 0.1) is 16.3 Å². The zero-order chi connectivity index (χ0) is 12.3. The molecule has 0 saturated heterocycles. The van der Waals surface area contributed by atoms with Gasteiger partial charge in [0.25, 0.3) is 5.69 Å². The van der Waals surface area contributed by atoms with Crippen molar-refractivity contribution in [3.63, 3.8) is 0 Å². The number of non-ortho nitro benzene ring substituents is 1. The summed E-state index contributed by atoms with van der Waals surface area (Å²) in [5.74, 6) is 0. The van der Waals surface area contributed by atoms with Gasteiger partial charge in [0, 0.05) is 12.1 Å². The van der Waals surface area contributed by atoms with Gasteiger partial charge in [-0.1, -0.05) is 0 Å². The van der Waals surface area contributed by atoms with Crippen molar-refractivity contribution >= 4 is 17.0 Å². The Morgan fingerprint density at radius 2 is 1.94 bits per heavy atom. The molecule has 1 aromatic carbocycles. The Kier molecular flexibility index (Phi) is 3.70. The third-order valence-electron chi connectivity index (χ3n) is 1.89. The maximum absolute atomic E-state index is 10.4. The summed E-state index contributed by atoms with van der Waals surface area (Å²) in [7, 11) is 0. The van der Waals surface area contributed by atoms with Crippen molar-refractivity contribution in [1.82, 2.24) is 0 Å². The third-order valence-corrected chi connectivity index (χ3v) is 2.37. The van der Waals surface area contributed by atoms with Crippen LogP contribution >= 0.6 is 0 Å². The lowest BCUT2D eigenvalue weighted by molar-refractivity contribution is -0.384. The first-order valence-electron chi connectivity index (χ1n) is 4.15. The largest absolute Gasteiger partial charge is 0.750 e. The monoisotopic (exact) mass is 245 g/mol. The van der Waals surface area contributed by atoms with E-state index in [0.717, 1.165) is 0 Å². The summed E-state index contributed by atoms with van der Waals surface area (Å²) in [5, 5.41) is 10.4. The summed E-state index contributed by atoms with van der Waals surface area (Å²) in [6.45, 7) is 1.34. The van der Waals surface area contributed by atoms with E-state index in [1.165, 1.54) is 31.2 Å². The Morgan fingerprint density at radius 3 is 2.31 bits per heavy atom. The van der Waals surface area contributed by atoms with Crippen LogP contribution < -0.4 is 5.73 Å². The maximum Gasteiger partial charge on any atom is 0.269 e. The van der Waals surface area contributed by atoms with Crippen molar-refractivity contribution in [3.05, 3.63) is 39.9 Å². The molecule has 0 aliphatic rings. The Balaban J connectivity index is 2.96. The average Bonchev–Trinajstić information content (AvgIpc) is 2.16. The van der Waals surface area contributed by atoms with E-state index in [1.807, 2.05) is 0 Å². The molecule has 0 amide bonds. The summed E-state index contributed by atoms with van der Waals surface area (Å²) in [6.07, 6.45) is 0. The Hall–Kier alpha value is -1.35. The smallest absolute Gasteiger partial charge is 0.269 e. The van der Waals surface area contributed by atoms with Crippen LogP contribution in [0.4, 0.5) is 5.69 Å². The van der Waals surface area contributed by atoms with Crippen molar-refractivity contribution in [3.8, 4) is 0 Å². The van der Waals surface area contributed by atoms with Crippen molar-refractivity contribution in [1.29, 1.82) is 0 Å². The quantitative estimate of drug-likeness (QED) is 0.358. The van der Waals surface area contributed by atoms with Crippen molar-refractivity contribution in [2.45, 2.75) is 12.6 Å². The van der Waals surface area contributed by atoms with Crippen LogP contribution in [0.5, 0.6) is 0 Å². The van der Waals surface area contributed by atoms with Gasteiger partial charge in [-0.2, -0.15) is 0 Å². The lowest BCUT2D eigenvalue weighted by Crippen LogP contribution is -2.36. The second-order valence-electron chi connectivity index (χ2n) is 3.20. The zero-order valence-corrected chi connectivity index (χ0v) is 9.10. The summed E-state index contributed by atoms with van der Waals surface area (Å²) >= 11 is -2.76. The van der Waals surface area contributed by atoms with E-state index in [-0.39, 0.29) is 5.69 Å². The molecular formula is C8H9N2O5S-. The van der Waals surface area contributed by atoms with Gasteiger partial charge in [-0.15, -0.1) is 0 Å². The van der Waals surface area contributed by atoms with Crippen molar-refractivity contribution in [2.75, 3.05) is 0 Å². The molecule has 0 aliphatic heterocycles. The highest BCUT2D eigenvalue weighted by Crippen LogP contribution is 2.22. The highest BCUT2D eigenvalue weighted by molar-refractivity contribution is 7.74. The minimum Gasteiger partial charge on any atom is -0.750 e. The molecule has 2 N–H and O–H groups in total. The van der Waals surface area contributed by atoms with Gasteiger partial charge in [-0.3, -0.25) is 20.0 Å². The fourth-order valence-corrected chi connectivity index (χ4v) is 1.48. The molecule has 0 spiro atoms. The molecule has 0 heterocycles. The van der Waals surface area contributed by atoms with Gasteiger partial charge in [-0.25, -0.2) is 4.21 Å². The zero-order valence-electron chi connectivity index (χ0n) is 8.28. The van der Waals surface area contributed by atoms with Gasteiger partial charge in [0.2, 0.25) is 0 Å². The van der Waals surface area contributed by atoms with E-state index in [2.05, 4.69) is 4.18 Å². The predicted octanol–water partition coefficient (Wildman–Crippen LogP) is 0.537. The molecule has 0 aromatic heterocycles. The van der Waals surface area contributed by atoms with Gasteiger partial charge in [0.15, 0.2) is 5.72 Å². The Morgan fingerprint density at radius 1 is 1.44 bits per heavy atom. The molecule has 2 atom stereocenters. The SMILES string of the molecule is CC(N)(OS(=O)[O-])c1ccc([N+](=O)[O-])cc1. The summed E-state index contributed by atoms with van der Waals surface area (Å²) < 4.78 is 25.2.